The van der Waals surface area contributed by atoms with E-state index in [1.807, 2.05) is 26.0 Å². The van der Waals surface area contributed by atoms with Gasteiger partial charge in [0, 0.05) is 5.56 Å². The number of hydrogen-bond acceptors (Lipinski definition) is 3. The third-order valence-corrected chi connectivity index (χ3v) is 3.78. The first-order valence-corrected chi connectivity index (χ1v) is 6.09. The highest BCUT2D eigenvalue weighted by molar-refractivity contribution is 7.17. The second-order valence-electron chi connectivity index (χ2n) is 4.06. The largest absolute Gasteiger partial charge is 0.477 e. The van der Waals surface area contributed by atoms with Crippen molar-refractivity contribution in [3.8, 4) is 10.6 Å². The smallest absolute Gasteiger partial charge is 0.347 e. The number of carboxylic acids is 1. The molecule has 2 rings (SSSR count). The summed E-state index contributed by atoms with van der Waals surface area (Å²) in [6, 6.07) is 6.08. The Labute approximate surface area is 104 Å². The van der Waals surface area contributed by atoms with Gasteiger partial charge in [-0.3, -0.25) is 0 Å². The topological polar surface area (TPSA) is 50.2 Å². The van der Waals surface area contributed by atoms with Crippen molar-refractivity contribution in [3.63, 3.8) is 0 Å². The molecule has 0 radical (unpaired) electrons. The van der Waals surface area contributed by atoms with Gasteiger partial charge in [-0.25, -0.2) is 9.78 Å². The monoisotopic (exact) mass is 247 g/mol. The molecule has 0 aliphatic carbocycles. The van der Waals surface area contributed by atoms with Crippen molar-refractivity contribution in [1.29, 1.82) is 0 Å². The molecule has 0 saturated carbocycles. The molecule has 3 nitrogen and oxygen atoms in total. The van der Waals surface area contributed by atoms with Gasteiger partial charge in [0.05, 0.1) is 5.69 Å². The lowest BCUT2D eigenvalue weighted by Gasteiger charge is -2.02. The zero-order valence-electron chi connectivity index (χ0n) is 9.94. The standard InChI is InChI=1S/C13H13NO2S/c1-7-4-5-10(8(2)6-7)12-14-9(3)11(17-12)13(15)16/h4-6H,1-3H3,(H,15,16). The molecule has 0 aliphatic rings. The van der Waals surface area contributed by atoms with E-state index in [0.29, 0.717) is 10.6 Å². The molecule has 0 aliphatic heterocycles. The molecule has 0 spiro atoms. The third-order valence-electron chi connectivity index (χ3n) is 2.60. The summed E-state index contributed by atoms with van der Waals surface area (Å²) < 4.78 is 0. The second-order valence-corrected chi connectivity index (χ2v) is 5.06. The molecule has 0 atom stereocenters. The van der Waals surface area contributed by atoms with Gasteiger partial charge in [0.1, 0.15) is 9.88 Å². The van der Waals surface area contributed by atoms with Crippen LogP contribution in [0.25, 0.3) is 10.6 Å². The predicted molar refractivity (Wildman–Crippen MR) is 68.7 cm³/mol. The van der Waals surface area contributed by atoms with Gasteiger partial charge in [0.15, 0.2) is 0 Å². The van der Waals surface area contributed by atoms with Crippen molar-refractivity contribution in [2.45, 2.75) is 20.8 Å². The summed E-state index contributed by atoms with van der Waals surface area (Å²) in [6.07, 6.45) is 0. The lowest BCUT2D eigenvalue weighted by atomic mass is 10.1. The van der Waals surface area contributed by atoms with Crippen LogP contribution < -0.4 is 0 Å². The molecule has 0 saturated heterocycles. The van der Waals surface area contributed by atoms with E-state index in [-0.39, 0.29) is 0 Å². The minimum Gasteiger partial charge on any atom is -0.477 e. The van der Waals surface area contributed by atoms with Crippen LogP contribution in [0.1, 0.15) is 26.5 Å². The number of carbonyl (C=O) groups is 1. The maximum Gasteiger partial charge on any atom is 0.347 e. The Balaban J connectivity index is 2.53. The van der Waals surface area contributed by atoms with E-state index in [2.05, 4.69) is 11.1 Å². The lowest BCUT2D eigenvalue weighted by molar-refractivity contribution is 0.0701. The van der Waals surface area contributed by atoms with Gasteiger partial charge in [-0.2, -0.15) is 0 Å². The molecular weight excluding hydrogens is 234 g/mol. The molecule has 0 fully saturated rings. The maximum atomic E-state index is 11.0. The highest BCUT2D eigenvalue weighted by Gasteiger charge is 2.15. The number of hydrogen-bond donors (Lipinski definition) is 1. The van der Waals surface area contributed by atoms with Crippen LogP contribution in [0.3, 0.4) is 0 Å². The Morgan fingerprint density at radius 3 is 2.53 bits per heavy atom. The van der Waals surface area contributed by atoms with E-state index in [1.54, 1.807) is 6.92 Å². The van der Waals surface area contributed by atoms with Crippen molar-refractivity contribution >= 4 is 17.3 Å². The summed E-state index contributed by atoms with van der Waals surface area (Å²) in [4.78, 5) is 15.6. The SMILES string of the molecule is Cc1ccc(-c2nc(C)c(C(=O)O)s2)c(C)c1. The minimum absolute atomic E-state index is 0.319. The van der Waals surface area contributed by atoms with Crippen LogP contribution in [0.5, 0.6) is 0 Å². The van der Waals surface area contributed by atoms with E-state index in [1.165, 1.54) is 16.9 Å². The van der Waals surface area contributed by atoms with Crippen LogP contribution in [0.15, 0.2) is 18.2 Å². The predicted octanol–water partition coefficient (Wildman–Crippen LogP) is 3.43. The Kier molecular flexibility index (Phi) is 2.98. The first-order valence-electron chi connectivity index (χ1n) is 5.27. The fourth-order valence-corrected chi connectivity index (χ4v) is 2.76. The van der Waals surface area contributed by atoms with E-state index in [9.17, 15) is 4.79 Å². The average Bonchev–Trinajstić information content (AvgIpc) is 2.60. The molecule has 1 aromatic carbocycles. The minimum atomic E-state index is -0.906. The van der Waals surface area contributed by atoms with Crippen molar-refractivity contribution in [2.24, 2.45) is 0 Å². The molecule has 4 heteroatoms. The Bertz CT molecular complexity index is 587. The van der Waals surface area contributed by atoms with E-state index >= 15 is 0 Å². The van der Waals surface area contributed by atoms with Crippen LogP contribution in [-0.4, -0.2) is 16.1 Å². The molecule has 0 bridgehead atoms. The summed E-state index contributed by atoms with van der Waals surface area (Å²) in [5.41, 5.74) is 3.90. The highest BCUT2D eigenvalue weighted by atomic mass is 32.1. The molecule has 17 heavy (non-hydrogen) atoms. The lowest BCUT2D eigenvalue weighted by Crippen LogP contribution is -1.94. The number of aryl methyl sites for hydroxylation is 3. The quantitative estimate of drug-likeness (QED) is 0.884. The molecule has 1 N–H and O–H groups in total. The normalized spacial score (nSPS) is 10.5. The number of benzene rings is 1. The third kappa shape index (κ3) is 2.22. The summed E-state index contributed by atoms with van der Waals surface area (Å²) in [5.74, 6) is -0.906. The van der Waals surface area contributed by atoms with E-state index in [0.717, 1.165) is 16.1 Å². The molecule has 1 heterocycles. The van der Waals surface area contributed by atoms with Crippen LogP contribution >= 0.6 is 11.3 Å². The summed E-state index contributed by atoms with van der Waals surface area (Å²) in [7, 11) is 0. The molecular formula is C13H13NO2S. The Morgan fingerprint density at radius 1 is 1.29 bits per heavy atom. The van der Waals surface area contributed by atoms with Gasteiger partial charge < -0.3 is 5.11 Å². The number of rotatable bonds is 2. The van der Waals surface area contributed by atoms with Gasteiger partial charge in [-0.15, -0.1) is 11.3 Å². The number of aromatic nitrogens is 1. The molecule has 0 unspecified atom stereocenters. The fraction of sp³-hybridized carbons (Fsp3) is 0.231. The maximum absolute atomic E-state index is 11.0. The summed E-state index contributed by atoms with van der Waals surface area (Å²) >= 11 is 1.23. The summed E-state index contributed by atoms with van der Waals surface area (Å²) in [6.45, 7) is 5.78. The van der Waals surface area contributed by atoms with E-state index < -0.39 is 5.97 Å². The zero-order chi connectivity index (χ0) is 12.6. The number of carboxylic acid groups (broad SMARTS) is 1. The van der Waals surface area contributed by atoms with Crippen molar-refractivity contribution in [1.82, 2.24) is 4.98 Å². The van der Waals surface area contributed by atoms with Crippen LogP contribution in [-0.2, 0) is 0 Å². The van der Waals surface area contributed by atoms with Crippen molar-refractivity contribution in [2.75, 3.05) is 0 Å². The number of aromatic carboxylic acids is 1. The number of thiazole rings is 1. The van der Waals surface area contributed by atoms with Crippen molar-refractivity contribution in [3.05, 3.63) is 39.9 Å². The Hall–Kier alpha value is -1.68. The van der Waals surface area contributed by atoms with Crippen LogP contribution in [0, 0.1) is 20.8 Å². The molecule has 1 aromatic heterocycles. The molecule has 88 valence electrons. The Morgan fingerprint density at radius 2 is 2.00 bits per heavy atom. The fourth-order valence-electron chi connectivity index (χ4n) is 1.76. The van der Waals surface area contributed by atoms with Crippen LogP contribution in [0.2, 0.25) is 0 Å². The second kappa shape index (κ2) is 4.30. The highest BCUT2D eigenvalue weighted by Crippen LogP contribution is 2.30. The average molecular weight is 247 g/mol. The van der Waals surface area contributed by atoms with Gasteiger partial charge >= 0.3 is 5.97 Å². The zero-order valence-corrected chi connectivity index (χ0v) is 10.8. The van der Waals surface area contributed by atoms with Gasteiger partial charge in [-0.1, -0.05) is 23.8 Å². The van der Waals surface area contributed by atoms with Gasteiger partial charge in [0.2, 0.25) is 0 Å². The van der Waals surface area contributed by atoms with Gasteiger partial charge in [0.25, 0.3) is 0 Å². The van der Waals surface area contributed by atoms with Gasteiger partial charge in [-0.05, 0) is 26.3 Å². The first-order chi connectivity index (χ1) is 7.99. The van der Waals surface area contributed by atoms with E-state index in [4.69, 9.17) is 5.11 Å². The molecule has 0 amide bonds. The first kappa shape index (κ1) is 11.8. The van der Waals surface area contributed by atoms with Crippen molar-refractivity contribution < 1.29 is 9.90 Å². The van der Waals surface area contributed by atoms with Crippen LogP contribution in [0.4, 0.5) is 0 Å². The molecule has 2 aromatic rings. The number of nitrogens with zero attached hydrogens (tertiary/aromatic N) is 1. The summed E-state index contributed by atoms with van der Waals surface area (Å²) in [5, 5.41) is 9.79.